The minimum absolute atomic E-state index is 0.0122. The second-order valence-electron chi connectivity index (χ2n) is 7.11. The Kier molecular flexibility index (Phi) is 6.16. The lowest BCUT2D eigenvalue weighted by atomic mass is 9.87. The van der Waals surface area contributed by atoms with E-state index >= 15 is 0 Å². The molecule has 7 nitrogen and oxygen atoms in total. The maximum absolute atomic E-state index is 11.6. The number of nitro groups is 1. The van der Waals surface area contributed by atoms with Crippen LogP contribution < -0.4 is 10.1 Å². The van der Waals surface area contributed by atoms with E-state index in [1.54, 1.807) is 24.3 Å². The molecule has 0 fully saturated rings. The molecule has 0 aliphatic heterocycles. The molecule has 0 bridgehead atoms. The Balaban J connectivity index is 2.36. The van der Waals surface area contributed by atoms with Crippen molar-refractivity contribution in [1.82, 2.24) is 5.32 Å². The zero-order chi connectivity index (χ0) is 20.9. The summed E-state index contributed by atoms with van der Waals surface area (Å²) in [6.07, 6.45) is 1.29. The standard InChI is InChI=1S/C21H21N3O4/c1-21(2,3)16-6-8-17(9-7-16)28-19-10-5-14(12-18(19)24(26)27)11-15(13-22)20(25)23-4/h5-12H,1-4H3,(H,23,25)/b15-11+. The van der Waals surface area contributed by atoms with Gasteiger partial charge >= 0.3 is 5.69 Å². The normalized spacial score (nSPS) is 11.5. The van der Waals surface area contributed by atoms with Gasteiger partial charge in [-0.2, -0.15) is 5.26 Å². The predicted octanol–water partition coefficient (Wildman–Crippen LogP) is 4.34. The number of amides is 1. The van der Waals surface area contributed by atoms with Gasteiger partial charge in [-0.3, -0.25) is 14.9 Å². The van der Waals surface area contributed by atoms with Crippen molar-refractivity contribution in [1.29, 1.82) is 5.26 Å². The van der Waals surface area contributed by atoms with Crippen LogP contribution in [0.4, 0.5) is 5.69 Å². The first-order valence-electron chi connectivity index (χ1n) is 8.56. The third-order valence-electron chi connectivity index (χ3n) is 4.03. The van der Waals surface area contributed by atoms with Gasteiger partial charge in [-0.05, 0) is 40.8 Å². The van der Waals surface area contributed by atoms with Gasteiger partial charge in [0.1, 0.15) is 17.4 Å². The second-order valence-corrected chi connectivity index (χ2v) is 7.11. The molecular formula is C21H21N3O4. The summed E-state index contributed by atoms with van der Waals surface area (Å²) in [4.78, 5) is 22.5. The lowest BCUT2D eigenvalue weighted by Crippen LogP contribution is -2.19. The summed E-state index contributed by atoms with van der Waals surface area (Å²) in [5, 5.41) is 22.9. The first kappa shape index (κ1) is 20.6. The molecule has 1 N–H and O–H groups in total. The molecule has 0 heterocycles. The van der Waals surface area contributed by atoms with Crippen molar-refractivity contribution in [2.75, 3.05) is 7.05 Å². The van der Waals surface area contributed by atoms with Gasteiger partial charge in [0.25, 0.3) is 5.91 Å². The van der Waals surface area contributed by atoms with Crippen LogP contribution in [-0.2, 0) is 10.2 Å². The molecule has 1 amide bonds. The third-order valence-corrected chi connectivity index (χ3v) is 4.03. The van der Waals surface area contributed by atoms with Crippen LogP contribution in [0.25, 0.3) is 6.08 Å². The first-order chi connectivity index (χ1) is 13.2. The third kappa shape index (κ3) is 4.95. The zero-order valence-corrected chi connectivity index (χ0v) is 16.1. The van der Waals surface area contributed by atoms with Crippen LogP contribution in [0.1, 0.15) is 31.9 Å². The van der Waals surface area contributed by atoms with Crippen molar-refractivity contribution >= 4 is 17.7 Å². The van der Waals surface area contributed by atoms with E-state index in [0.29, 0.717) is 11.3 Å². The van der Waals surface area contributed by atoms with Crippen LogP contribution in [0.5, 0.6) is 11.5 Å². The van der Waals surface area contributed by atoms with Crippen molar-refractivity contribution in [3.8, 4) is 17.6 Å². The Bertz CT molecular complexity index is 965. The fourth-order valence-corrected chi connectivity index (χ4v) is 2.45. The largest absolute Gasteiger partial charge is 0.450 e. The van der Waals surface area contributed by atoms with E-state index < -0.39 is 10.8 Å². The number of nitriles is 1. The molecule has 2 rings (SSSR count). The van der Waals surface area contributed by atoms with Gasteiger partial charge in [-0.25, -0.2) is 0 Å². The number of nitrogens with zero attached hydrogens (tertiary/aromatic N) is 2. The molecule has 7 heteroatoms. The van der Waals surface area contributed by atoms with E-state index in [9.17, 15) is 14.9 Å². The highest BCUT2D eigenvalue weighted by Gasteiger charge is 2.18. The number of carbonyl (C=O) groups is 1. The molecule has 0 radical (unpaired) electrons. The van der Waals surface area contributed by atoms with Crippen LogP contribution in [0.2, 0.25) is 0 Å². The number of ether oxygens (including phenoxy) is 1. The average Bonchev–Trinajstić information content (AvgIpc) is 2.66. The van der Waals surface area contributed by atoms with Crippen LogP contribution in [0.3, 0.4) is 0 Å². The number of rotatable bonds is 5. The Labute approximate surface area is 163 Å². The molecule has 0 saturated carbocycles. The molecule has 0 unspecified atom stereocenters. The molecule has 144 valence electrons. The Morgan fingerprint density at radius 3 is 2.36 bits per heavy atom. The van der Waals surface area contributed by atoms with Crippen molar-refractivity contribution in [3.05, 3.63) is 69.3 Å². The maximum Gasteiger partial charge on any atom is 0.312 e. The van der Waals surface area contributed by atoms with E-state index in [4.69, 9.17) is 10.00 Å². The van der Waals surface area contributed by atoms with Crippen LogP contribution in [0.15, 0.2) is 48.0 Å². The van der Waals surface area contributed by atoms with Gasteiger partial charge < -0.3 is 10.1 Å². The maximum atomic E-state index is 11.6. The molecule has 28 heavy (non-hydrogen) atoms. The summed E-state index contributed by atoms with van der Waals surface area (Å²) >= 11 is 0. The van der Waals surface area contributed by atoms with Crippen LogP contribution in [0, 0.1) is 21.4 Å². The van der Waals surface area contributed by atoms with Gasteiger partial charge in [0.05, 0.1) is 4.92 Å². The van der Waals surface area contributed by atoms with Gasteiger partial charge in [0.15, 0.2) is 0 Å². The fraction of sp³-hybridized carbons (Fsp3) is 0.238. The minimum atomic E-state index is -0.567. The zero-order valence-electron chi connectivity index (χ0n) is 16.1. The van der Waals surface area contributed by atoms with E-state index in [1.807, 2.05) is 12.1 Å². The van der Waals surface area contributed by atoms with Gasteiger partial charge in [0.2, 0.25) is 5.75 Å². The Hall–Kier alpha value is -3.66. The summed E-state index contributed by atoms with van der Waals surface area (Å²) in [5.74, 6) is -0.0176. The lowest BCUT2D eigenvalue weighted by molar-refractivity contribution is -0.385. The summed E-state index contributed by atoms with van der Waals surface area (Å²) in [5.41, 5.74) is 1.04. The molecule has 2 aromatic carbocycles. The SMILES string of the molecule is CNC(=O)/C(C#N)=C/c1ccc(Oc2ccc(C(C)(C)C)cc2)c([N+](=O)[O-])c1. The van der Waals surface area contributed by atoms with Crippen molar-refractivity contribution in [2.24, 2.45) is 0 Å². The molecule has 2 aromatic rings. The minimum Gasteiger partial charge on any atom is -0.450 e. The smallest absolute Gasteiger partial charge is 0.312 e. The molecule has 0 saturated heterocycles. The highest BCUT2D eigenvalue weighted by atomic mass is 16.6. The summed E-state index contributed by atoms with van der Waals surface area (Å²) in [6, 6.07) is 13.4. The molecular weight excluding hydrogens is 358 g/mol. The fourth-order valence-electron chi connectivity index (χ4n) is 2.45. The van der Waals surface area contributed by atoms with Gasteiger partial charge in [-0.1, -0.05) is 39.0 Å². The predicted molar refractivity (Wildman–Crippen MR) is 106 cm³/mol. The molecule has 0 atom stereocenters. The number of likely N-dealkylation sites (N-methyl/N-ethyl adjacent to an activating group) is 1. The monoisotopic (exact) mass is 379 g/mol. The van der Waals surface area contributed by atoms with E-state index in [-0.39, 0.29) is 22.4 Å². The number of hydrogen-bond donors (Lipinski definition) is 1. The van der Waals surface area contributed by atoms with Crippen molar-refractivity contribution in [3.63, 3.8) is 0 Å². The first-order valence-corrected chi connectivity index (χ1v) is 8.56. The van der Waals surface area contributed by atoms with Crippen molar-refractivity contribution in [2.45, 2.75) is 26.2 Å². The number of nitrogens with one attached hydrogen (secondary N) is 1. The Morgan fingerprint density at radius 2 is 1.86 bits per heavy atom. The number of hydrogen-bond acceptors (Lipinski definition) is 5. The van der Waals surface area contributed by atoms with E-state index in [2.05, 4.69) is 26.1 Å². The quantitative estimate of drug-likeness (QED) is 0.360. The summed E-state index contributed by atoms with van der Waals surface area (Å²) in [7, 11) is 1.40. The van der Waals surface area contributed by atoms with Crippen LogP contribution in [-0.4, -0.2) is 17.9 Å². The van der Waals surface area contributed by atoms with E-state index in [1.165, 1.54) is 25.3 Å². The van der Waals surface area contributed by atoms with Gasteiger partial charge in [0, 0.05) is 13.1 Å². The highest BCUT2D eigenvalue weighted by molar-refractivity contribution is 6.01. The highest BCUT2D eigenvalue weighted by Crippen LogP contribution is 2.33. The molecule has 0 aliphatic carbocycles. The molecule has 0 aromatic heterocycles. The number of nitro benzene ring substituents is 1. The van der Waals surface area contributed by atoms with Gasteiger partial charge in [-0.15, -0.1) is 0 Å². The van der Waals surface area contributed by atoms with E-state index in [0.717, 1.165) is 5.56 Å². The average molecular weight is 379 g/mol. The molecule has 0 spiro atoms. The summed E-state index contributed by atoms with van der Waals surface area (Å²) < 4.78 is 5.69. The Morgan fingerprint density at radius 1 is 1.21 bits per heavy atom. The second kappa shape index (κ2) is 8.35. The topological polar surface area (TPSA) is 105 Å². The van der Waals surface area contributed by atoms with Crippen LogP contribution >= 0.6 is 0 Å². The number of benzene rings is 2. The number of carbonyl (C=O) groups excluding carboxylic acids is 1. The van der Waals surface area contributed by atoms with Crippen molar-refractivity contribution < 1.29 is 14.5 Å². The molecule has 0 aliphatic rings. The summed E-state index contributed by atoms with van der Waals surface area (Å²) in [6.45, 7) is 6.27. The lowest BCUT2D eigenvalue weighted by Gasteiger charge is -2.19.